The molecule has 170 valence electrons. The van der Waals surface area contributed by atoms with Crippen molar-refractivity contribution in [3.05, 3.63) is 47.5 Å². The molecule has 2 heterocycles. The molecular weight excluding hydrogens is 460 g/mol. The average molecular weight is 475 g/mol. The molecular formula is C20H15F6N3O2S. The maximum Gasteiger partial charge on any atom is 0.416 e. The summed E-state index contributed by atoms with van der Waals surface area (Å²) in [5, 5.41) is 2.85. The first-order valence-electron chi connectivity index (χ1n) is 9.24. The van der Waals surface area contributed by atoms with Crippen LogP contribution in [0.3, 0.4) is 0 Å². The SMILES string of the molecule is COc1ccc2sc(N3CC(C(=O)Nc4cc(C(F)(F)F)cc(C(F)(F)F)c4)C3)nc2c1. The first kappa shape index (κ1) is 22.2. The molecule has 5 nitrogen and oxygen atoms in total. The maximum atomic E-state index is 13.0. The molecule has 1 amide bonds. The van der Waals surface area contributed by atoms with Crippen molar-refractivity contribution in [1.29, 1.82) is 0 Å². The molecule has 12 heteroatoms. The lowest BCUT2D eigenvalue weighted by molar-refractivity contribution is -0.143. The van der Waals surface area contributed by atoms with Gasteiger partial charge in [-0.05, 0) is 30.3 Å². The number of nitrogens with zero attached hydrogens (tertiary/aromatic N) is 2. The van der Waals surface area contributed by atoms with E-state index in [1.807, 2.05) is 11.0 Å². The number of ether oxygens (including phenoxy) is 1. The van der Waals surface area contributed by atoms with E-state index >= 15 is 0 Å². The van der Waals surface area contributed by atoms with Crippen LogP contribution in [0.5, 0.6) is 5.75 Å². The van der Waals surface area contributed by atoms with Crippen molar-refractivity contribution < 1.29 is 35.9 Å². The van der Waals surface area contributed by atoms with E-state index in [0.717, 1.165) is 10.2 Å². The summed E-state index contributed by atoms with van der Waals surface area (Å²) in [5.74, 6) is -0.605. The highest BCUT2D eigenvalue weighted by atomic mass is 32.1. The van der Waals surface area contributed by atoms with Crippen LogP contribution in [0.2, 0.25) is 0 Å². The van der Waals surface area contributed by atoms with Gasteiger partial charge in [0.25, 0.3) is 0 Å². The van der Waals surface area contributed by atoms with Gasteiger partial charge in [-0.25, -0.2) is 4.98 Å². The zero-order chi connectivity index (χ0) is 23.3. The highest BCUT2D eigenvalue weighted by Crippen LogP contribution is 2.38. The van der Waals surface area contributed by atoms with Gasteiger partial charge in [0.2, 0.25) is 5.91 Å². The second-order valence-corrected chi connectivity index (χ2v) is 8.22. The van der Waals surface area contributed by atoms with Crippen molar-refractivity contribution in [1.82, 2.24) is 4.98 Å². The third kappa shape index (κ3) is 4.45. The van der Waals surface area contributed by atoms with Crippen molar-refractivity contribution >= 4 is 38.3 Å². The maximum absolute atomic E-state index is 13.0. The number of anilines is 2. The Hall–Kier alpha value is -3.02. The molecule has 1 N–H and O–H groups in total. The number of benzene rings is 2. The van der Waals surface area contributed by atoms with Gasteiger partial charge in [0, 0.05) is 24.8 Å². The molecule has 1 aliphatic rings. The Morgan fingerprint density at radius 3 is 2.25 bits per heavy atom. The lowest BCUT2D eigenvalue weighted by Gasteiger charge is -2.38. The molecule has 0 bridgehead atoms. The van der Waals surface area contributed by atoms with Gasteiger partial charge in [0.1, 0.15) is 5.75 Å². The van der Waals surface area contributed by atoms with E-state index in [1.165, 1.54) is 18.4 Å². The third-order valence-electron chi connectivity index (χ3n) is 4.96. The Morgan fingerprint density at radius 1 is 1.06 bits per heavy atom. The number of nitrogens with one attached hydrogen (secondary N) is 1. The van der Waals surface area contributed by atoms with E-state index in [9.17, 15) is 31.1 Å². The van der Waals surface area contributed by atoms with Crippen LogP contribution in [-0.4, -0.2) is 31.1 Å². The van der Waals surface area contributed by atoms with Gasteiger partial charge >= 0.3 is 12.4 Å². The number of hydrogen-bond acceptors (Lipinski definition) is 5. The minimum Gasteiger partial charge on any atom is -0.497 e. The second-order valence-electron chi connectivity index (χ2n) is 7.22. The highest BCUT2D eigenvalue weighted by Gasteiger charge is 2.38. The standard InChI is InChI=1S/C20H15F6N3O2S/c1-31-14-2-3-16-15(7-14)28-18(32-16)29-8-10(9-29)17(30)27-13-5-11(19(21,22)23)4-12(6-13)20(24,25)26/h2-7,10H,8-9H2,1H3,(H,27,30). The summed E-state index contributed by atoms with van der Waals surface area (Å²) in [6.07, 6.45) is -9.97. The fourth-order valence-corrected chi connectivity index (χ4v) is 4.19. The number of halogens is 6. The first-order chi connectivity index (χ1) is 14.9. The van der Waals surface area contributed by atoms with E-state index < -0.39 is 41.0 Å². The van der Waals surface area contributed by atoms with Crippen molar-refractivity contribution in [3.8, 4) is 5.75 Å². The molecule has 0 radical (unpaired) electrons. The summed E-state index contributed by atoms with van der Waals surface area (Å²) in [7, 11) is 1.54. The minimum absolute atomic E-state index is 0.0167. The predicted octanol–water partition coefficient (Wildman–Crippen LogP) is 5.42. The Kier molecular flexibility index (Phi) is 5.43. The van der Waals surface area contributed by atoms with Gasteiger partial charge in [0.05, 0.1) is 34.4 Å². The van der Waals surface area contributed by atoms with E-state index in [0.29, 0.717) is 23.0 Å². The number of hydrogen-bond donors (Lipinski definition) is 1. The van der Waals surface area contributed by atoms with Gasteiger partial charge in [-0.3, -0.25) is 4.79 Å². The van der Waals surface area contributed by atoms with Crippen LogP contribution in [-0.2, 0) is 17.1 Å². The van der Waals surface area contributed by atoms with Crippen LogP contribution in [0.1, 0.15) is 11.1 Å². The van der Waals surface area contributed by atoms with Crippen molar-refractivity contribution in [2.24, 2.45) is 5.92 Å². The highest BCUT2D eigenvalue weighted by molar-refractivity contribution is 7.22. The molecule has 3 aromatic rings. The number of fused-ring (bicyclic) bond motifs is 1. The molecule has 1 fully saturated rings. The number of carbonyl (C=O) groups is 1. The van der Waals surface area contributed by atoms with Crippen LogP contribution in [0.4, 0.5) is 37.2 Å². The van der Waals surface area contributed by atoms with Gasteiger partial charge in [-0.1, -0.05) is 11.3 Å². The van der Waals surface area contributed by atoms with Crippen LogP contribution in [0.15, 0.2) is 36.4 Å². The first-order valence-corrected chi connectivity index (χ1v) is 10.1. The predicted molar refractivity (Wildman–Crippen MR) is 107 cm³/mol. The average Bonchev–Trinajstić information content (AvgIpc) is 3.07. The number of rotatable bonds is 4. The van der Waals surface area contributed by atoms with Crippen LogP contribution in [0, 0.1) is 5.92 Å². The molecule has 1 saturated heterocycles. The largest absolute Gasteiger partial charge is 0.497 e. The van der Waals surface area contributed by atoms with Crippen LogP contribution >= 0.6 is 11.3 Å². The van der Waals surface area contributed by atoms with Gasteiger partial charge in [0.15, 0.2) is 5.13 Å². The Morgan fingerprint density at radius 2 is 1.69 bits per heavy atom. The number of thiazole rings is 1. The topological polar surface area (TPSA) is 54.5 Å². The molecule has 2 aromatic carbocycles. The second kappa shape index (κ2) is 7.84. The number of methoxy groups -OCH3 is 1. The molecule has 1 aliphatic heterocycles. The Labute approximate surface area is 181 Å². The summed E-state index contributed by atoms with van der Waals surface area (Å²) in [6.45, 7) is 0.488. The lowest BCUT2D eigenvalue weighted by Crippen LogP contribution is -2.52. The molecule has 4 rings (SSSR count). The fourth-order valence-electron chi connectivity index (χ4n) is 3.23. The molecule has 1 aromatic heterocycles. The summed E-state index contributed by atoms with van der Waals surface area (Å²) in [6, 6.07) is 6.41. The van der Waals surface area contributed by atoms with Gasteiger partial charge < -0.3 is 15.0 Å². The smallest absolute Gasteiger partial charge is 0.416 e. The summed E-state index contributed by atoms with van der Waals surface area (Å²) in [5.41, 5.74) is -2.80. The van der Waals surface area contributed by atoms with E-state index in [-0.39, 0.29) is 19.2 Å². The minimum atomic E-state index is -4.98. The van der Waals surface area contributed by atoms with Crippen molar-refractivity contribution in [2.75, 3.05) is 30.4 Å². The molecule has 0 unspecified atom stereocenters. The van der Waals surface area contributed by atoms with Crippen LogP contribution < -0.4 is 15.0 Å². The Balaban J connectivity index is 1.46. The van der Waals surface area contributed by atoms with E-state index in [1.54, 1.807) is 12.1 Å². The number of aromatic nitrogens is 1. The van der Waals surface area contributed by atoms with Gasteiger partial charge in [-0.15, -0.1) is 0 Å². The number of amides is 1. The molecule has 0 spiro atoms. The van der Waals surface area contributed by atoms with Gasteiger partial charge in [-0.2, -0.15) is 26.3 Å². The zero-order valence-electron chi connectivity index (χ0n) is 16.3. The quantitative estimate of drug-likeness (QED) is 0.513. The fraction of sp³-hybridized carbons (Fsp3) is 0.300. The summed E-state index contributed by atoms with van der Waals surface area (Å²) >= 11 is 1.41. The summed E-state index contributed by atoms with van der Waals surface area (Å²) in [4.78, 5) is 18.7. The molecule has 0 saturated carbocycles. The summed E-state index contributed by atoms with van der Waals surface area (Å²) < 4.78 is 84.0. The number of carbonyl (C=O) groups excluding carboxylic acids is 1. The van der Waals surface area contributed by atoms with Crippen LogP contribution in [0.25, 0.3) is 10.2 Å². The van der Waals surface area contributed by atoms with E-state index in [4.69, 9.17) is 4.74 Å². The lowest BCUT2D eigenvalue weighted by atomic mass is 9.99. The molecule has 32 heavy (non-hydrogen) atoms. The van der Waals surface area contributed by atoms with E-state index in [2.05, 4.69) is 10.3 Å². The monoisotopic (exact) mass is 475 g/mol. The zero-order valence-corrected chi connectivity index (χ0v) is 17.2. The molecule has 0 aliphatic carbocycles. The van der Waals surface area contributed by atoms with Crippen molar-refractivity contribution in [2.45, 2.75) is 12.4 Å². The molecule has 0 atom stereocenters. The number of alkyl halides is 6. The Bertz CT molecular complexity index is 1140. The normalized spacial score (nSPS) is 15.0. The van der Waals surface area contributed by atoms with Crippen molar-refractivity contribution in [3.63, 3.8) is 0 Å². The third-order valence-corrected chi connectivity index (χ3v) is 6.06.